The number of ether oxygens (including phenoxy) is 1. The number of carbonyl (C=O) groups is 1. The summed E-state index contributed by atoms with van der Waals surface area (Å²) in [6.07, 6.45) is 0. The van der Waals surface area contributed by atoms with E-state index in [1.165, 1.54) is 16.8 Å². The van der Waals surface area contributed by atoms with Gasteiger partial charge in [-0.25, -0.2) is 4.68 Å². The van der Waals surface area contributed by atoms with Crippen LogP contribution in [-0.4, -0.2) is 33.6 Å². The number of methoxy groups -OCH3 is 1. The lowest BCUT2D eigenvalue weighted by atomic mass is 10.2. The normalized spacial score (nSPS) is 10.7. The summed E-state index contributed by atoms with van der Waals surface area (Å²) in [6, 6.07) is 10.2. The van der Waals surface area contributed by atoms with Crippen molar-refractivity contribution in [3.63, 3.8) is 0 Å². The van der Waals surface area contributed by atoms with Crippen molar-refractivity contribution in [2.45, 2.75) is 5.16 Å². The molecule has 0 unspecified atom stereocenters. The van der Waals surface area contributed by atoms with Gasteiger partial charge in [-0.05, 0) is 24.3 Å². The van der Waals surface area contributed by atoms with Crippen LogP contribution >= 0.6 is 46.6 Å². The number of rotatable bonds is 6. The lowest BCUT2D eigenvalue weighted by molar-refractivity contribution is -0.113. The van der Waals surface area contributed by atoms with E-state index in [2.05, 4.69) is 15.5 Å². The summed E-state index contributed by atoms with van der Waals surface area (Å²) in [5.74, 6) is 6.86. The molecule has 0 atom stereocenters. The number of nitrogens with one attached hydrogen (secondary N) is 1. The molecule has 7 nitrogen and oxygen atoms in total. The zero-order valence-corrected chi connectivity index (χ0v) is 17.5. The summed E-state index contributed by atoms with van der Waals surface area (Å²) in [5.41, 5.74) is 1.06. The fraction of sp³-hybridized carbons (Fsp3) is 0.118. The van der Waals surface area contributed by atoms with Crippen LogP contribution in [0.3, 0.4) is 0 Å². The molecule has 1 aromatic heterocycles. The molecule has 0 spiro atoms. The molecule has 0 aliphatic carbocycles. The van der Waals surface area contributed by atoms with Crippen molar-refractivity contribution in [1.29, 1.82) is 0 Å². The molecule has 0 bridgehead atoms. The Hall–Kier alpha value is -2.13. The number of amides is 1. The number of para-hydroxylation sites is 1. The molecule has 2 aromatic carbocycles. The minimum absolute atomic E-state index is 0.0395. The van der Waals surface area contributed by atoms with Crippen LogP contribution < -0.4 is 15.9 Å². The van der Waals surface area contributed by atoms with E-state index < -0.39 is 0 Å². The number of nitrogens with two attached hydrogens (primary N) is 1. The van der Waals surface area contributed by atoms with E-state index in [-0.39, 0.29) is 21.7 Å². The van der Waals surface area contributed by atoms with E-state index >= 15 is 0 Å². The first kappa shape index (κ1) is 20.6. The van der Waals surface area contributed by atoms with E-state index in [1.807, 2.05) is 18.2 Å². The quantitative estimate of drug-likeness (QED) is 0.324. The highest BCUT2D eigenvalue weighted by Crippen LogP contribution is 2.33. The van der Waals surface area contributed by atoms with Gasteiger partial charge in [0.05, 0.1) is 39.2 Å². The summed E-state index contributed by atoms with van der Waals surface area (Å²) in [6.45, 7) is 0. The fourth-order valence-corrected chi connectivity index (χ4v) is 3.57. The number of nitrogen functional groups attached to an aromatic ring is 1. The smallest absolute Gasteiger partial charge is 0.234 e. The van der Waals surface area contributed by atoms with Crippen molar-refractivity contribution in [2.75, 3.05) is 24.0 Å². The van der Waals surface area contributed by atoms with Gasteiger partial charge in [0.1, 0.15) is 5.75 Å². The number of anilines is 1. The Kier molecular flexibility index (Phi) is 6.56. The standard InChI is InChI=1S/C17H14Cl3N5O2S/c1-27-14-5-3-2-4-9(14)16-23-24-17(25(16)21)28-8-15(26)22-13-7-11(19)10(18)6-12(13)20/h2-7H,8,21H2,1H3,(H,22,26). The molecule has 0 saturated carbocycles. The largest absolute Gasteiger partial charge is 0.496 e. The van der Waals surface area contributed by atoms with Crippen molar-refractivity contribution in [3.8, 4) is 17.1 Å². The van der Waals surface area contributed by atoms with Crippen LogP contribution in [0.1, 0.15) is 0 Å². The van der Waals surface area contributed by atoms with Gasteiger partial charge >= 0.3 is 0 Å². The molecule has 11 heteroatoms. The highest BCUT2D eigenvalue weighted by atomic mass is 35.5. The first-order valence-corrected chi connectivity index (χ1v) is 9.93. The minimum Gasteiger partial charge on any atom is -0.496 e. The zero-order valence-electron chi connectivity index (χ0n) is 14.4. The third kappa shape index (κ3) is 4.47. The summed E-state index contributed by atoms with van der Waals surface area (Å²) in [7, 11) is 1.56. The Morgan fingerprint density at radius 1 is 1.18 bits per heavy atom. The summed E-state index contributed by atoms with van der Waals surface area (Å²) in [5, 5.41) is 12.1. The van der Waals surface area contributed by atoms with Crippen molar-refractivity contribution in [3.05, 3.63) is 51.5 Å². The average molecular weight is 459 g/mol. The molecule has 1 heterocycles. The van der Waals surface area contributed by atoms with Crippen molar-refractivity contribution in [2.24, 2.45) is 0 Å². The molecule has 0 aliphatic heterocycles. The van der Waals surface area contributed by atoms with Gasteiger partial charge in [0, 0.05) is 0 Å². The summed E-state index contributed by atoms with van der Waals surface area (Å²) >= 11 is 19.0. The van der Waals surface area contributed by atoms with Gasteiger partial charge in [-0.3, -0.25) is 4.79 Å². The Bertz CT molecular complexity index is 1030. The van der Waals surface area contributed by atoms with Crippen LogP contribution in [0, 0.1) is 0 Å². The zero-order chi connectivity index (χ0) is 20.3. The van der Waals surface area contributed by atoms with Crippen molar-refractivity contribution >= 4 is 58.2 Å². The number of carbonyl (C=O) groups excluding carboxylic acids is 1. The molecular formula is C17H14Cl3N5O2S. The van der Waals surface area contributed by atoms with Gasteiger partial charge in [0.2, 0.25) is 11.1 Å². The van der Waals surface area contributed by atoms with Crippen LogP contribution in [0.25, 0.3) is 11.4 Å². The number of thioether (sulfide) groups is 1. The topological polar surface area (TPSA) is 95.1 Å². The highest BCUT2D eigenvalue weighted by Gasteiger charge is 2.17. The number of hydrogen-bond acceptors (Lipinski definition) is 6. The lowest BCUT2D eigenvalue weighted by Crippen LogP contribution is -2.16. The first-order chi connectivity index (χ1) is 13.4. The molecule has 0 saturated heterocycles. The molecule has 3 rings (SSSR count). The van der Waals surface area contributed by atoms with Crippen LogP contribution in [0.2, 0.25) is 15.1 Å². The van der Waals surface area contributed by atoms with Gasteiger partial charge in [0.25, 0.3) is 0 Å². The molecule has 0 fully saturated rings. The number of hydrogen-bond donors (Lipinski definition) is 2. The SMILES string of the molecule is COc1ccccc1-c1nnc(SCC(=O)Nc2cc(Cl)c(Cl)cc2Cl)n1N. The fourth-order valence-electron chi connectivity index (χ4n) is 2.32. The van der Waals surface area contributed by atoms with Gasteiger partial charge in [0.15, 0.2) is 5.82 Å². The molecule has 3 N–H and O–H groups in total. The summed E-state index contributed by atoms with van der Waals surface area (Å²) in [4.78, 5) is 12.2. The predicted molar refractivity (Wildman–Crippen MR) is 113 cm³/mol. The van der Waals surface area contributed by atoms with Gasteiger partial charge in [-0.1, -0.05) is 58.7 Å². The monoisotopic (exact) mass is 457 g/mol. The maximum Gasteiger partial charge on any atom is 0.234 e. The maximum atomic E-state index is 12.2. The number of nitrogens with zero attached hydrogens (tertiary/aromatic N) is 3. The van der Waals surface area contributed by atoms with Crippen LogP contribution in [0.4, 0.5) is 5.69 Å². The molecule has 1 amide bonds. The van der Waals surface area contributed by atoms with Gasteiger partial charge in [-0.2, -0.15) is 0 Å². The second-order valence-corrected chi connectivity index (χ2v) is 7.62. The van der Waals surface area contributed by atoms with Gasteiger partial charge < -0.3 is 15.9 Å². The maximum absolute atomic E-state index is 12.2. The third-order valence-corrected chi connectivity index (χ3v) is 5.61. The van der Waals surface area contributed by atoms with Crippen LogP contribution in [0.15, 0.2) is 41.6 Å². The molecule has 28 heavy (non-hydrogen) atoms. The molecule has 0 radical (unpaired) electrons. The Labute approximate surface area is 180 Å². The van der Waals surface area contributed by atoms with Crippen LogP contribution in [-0.2, 0) is 4.79 Å². The minimum atomic E-state index is -0.313. The van der Waals surface area contributed by atoms with E-state index in [9.17, 15) is 4.79 Å². The molecule has 146 valence electrons. The Balaban J connectivity index is 1.69. The van der Waals surface area contributed by atoms with Crippen molar-refractivity contribution < 1.29 is 9.53 Å². The Morgan fingerprint density at radius 2 is 1.89 bits per heavy atom. The second kappa shape index (κ2) is 8.91. The lowest BCUT2D eigenvalue weighted by Gasteiger charge is -2.09. The molecular weight excluding hydrogens is 445 g/mol. The van der Waals surface area contributed by atoms with E-state index in [4.69, 9.17) is 45.4 Å². The van der Waals surface area contributed by atoms with E-state index in [0.717, 1.165) is 11.8 Å². The molecule has 0 aliphatic rings. The van der Waals surface area contributed by atoms with Crippen LogP contribution in [0.5, 0.6) is 5.75 Å². The highest BCUT2D eigenvalue weighted by molar-refractivity contribution is 7.99. The van der Waals surface area contributed by atoms with Gasteiger partial charge in [-0.15, -0.1) is 10.2 Å². The van der Waals surface area contributed by atoms with E-state index in [0.29, 0.717) is 33.0 Å². The summed E-state index contributed by atoms with van der Waals surface area (Å²) < 4.78 is 6.63. The number of aromatic nitrogens is 3. The van der Waals surface area contributed by atoms with Crippen molar-refractivity contribution in [1.82, 2.24) is 14.9 Å². The average Bonchev–Trinajstić information content (AvgIpc) is 3.04. The predicted octanol–water partition coefficient (Wildman–Crippen LogP) is 4.36. The van der Waals surface area contributed by atoms with E-state index in [1.54, 1.807) is 13.2 Å². The first-order valence-electron chi connectivity index (χ1n) is 7.81. The third-order valence-electron chi connectivity index (χ3n) is 3.63. The molecule has 3 aromatic rings. The number of benzene rings is 2. The second-order valence-electron chi connectivity index (χ2n) is 5.46. The number of halogens is 3. The Morgan fingerprint density at radius 3 is 2.64 bits per heavy atom.